The van der Waals surface area contributed by atoms with Crippen molar-refractivity contribution in [1.82, 2.24) is 5.32 Å². The Morgan fingerprint density at radius 1 is 1.27 bits per heavy atom. The quantitative estimate of drug-likeness (QED) is 0.497. The molecule has 0 radical (unpaired) electrons. The van der Waals surface area contributed by atoms with Crippen LogP contribution < -0.4 is 5.32 Å². The summed E-state index contributed by atoms with van der Waals surface area (Å²) in [6, 6.07) is 0. The Labute approximate surface area is 95.3 Å². The van der Waals surface area contributed by atoms with E-state index < -0.39 is 0 Å². The Kier molecular flexibility index (Phi) is 6.00. The van der Waals surface area contributed by atoms with Gasteiger partial charge in [-0.2, -0.15) is 0 Å². The summed E-state index contributed by atoms with van der Waals surface area (Å²) in [7, 11) is 0. The van der Waals surface area contributed by atoms with Crippen molar-refractivity contribution in [1.29, 1.82) is 0 Å². The van der Waals surface area contributed by atoms with Crippen LogP contribution in [-0.2, 0) is 0 Å². The molecule has 1 nitrogen and oxygen atoms in total. The molecule has 1 rings (SSSR count). The van der Waals surface area contributed by atoms with Gasteiger partial charge in [-0.15, -0.1) is 0 Å². The van der Waals surface area contributed by atoms with E-state index in [-0.39, 0.29) is 0 Å². The van der Waals surface area contributed by atoms with E-state index in [1.165, 1.54) is 50.8 Å². The minimum atomic E-state index is 0.917. The van der Waals surface area contributed by atoms with Crippen LogP contribution >= 0.6 is 0 Å². The lowest BCUT2D eigenvalue weighted by molar-refractivity contribution is 0.363. The lowest BCUT2D eigenvalue weighted by Crippen LogP contribution is -2.26. The molecule has 15 heavy (non-hydrogen) atoms. The number of hydrogen-bond acceptors (Lipinski definition) is 1. The van der Waals surface area contributed by atoms with Gasteiger partial charge in [0.05, 0.1) is 0 Å². The minimum absolute atomic E-state index is 0.917. The molecule has 0 heterocycles. The summed E-state index contributed by atoms with van der Waals surface area (Å²) in [5, 5.41) is 3.57. The number of allylic oxidation sites excluding steroid dienone is 1. The van der Waals surface area contributed by atoms with Gasteiger partial charge in [-0.1, -0.05) is 32.4 Å². The lowest BCUT2D eigenvalue weighted by atomic mass is 9.89. The molecule has 1 aliphatic rings. The first-order valence-corrected chi connectivity index (χ1v) is 6.65. The van der Waals surface area contributed by atoms with Gasteiger partial charge < -0.3 is 5.32 Å². The number of rotatable bonds is 7. The molecular weight excluding hydrogens is 182 g/mol. The predicted molar refractivity (Wildman–Crippen MR) is 68.0 cm³/mol. The molecule has 88 valence electrons. The van der Waals surface area contributed by atoms with Crippen LogP contribution in [0.5, 0.6) is 0 Å². The first kappa shape index (κ1) is 12.8. The Bertz CT molecular complexity index is 186. The van der Waals surface area contributed by atoms with Gasteiger partial charge in [-0.25, -0.2) is 0 Å². The third-order valence-electron chi connectivity index (χ3n) is 3.70. The zero-order valence-corrected chi connectivity index (χ0v) is 10.5. The molecule has 0 bridgehead atoms. The maximum absolute atomic E-state index is 4.15. The molecule has 0 aromatic rings. The van der Waals surface area contributed by atoms with Gasteiger partial charge >= 0.3 is 0 Å². The van der Waals surface area contributed by atoms with Crippen molar-refractivity contribution in [3.05, 3.63) is 12.2 Å². The van der Waals surface area contributed by atoms with Crippen LogP contribution in [0, 0.1) is 11.8 Å². The maximum atomic E-state index is 4.15. The first-order valence-electron chi connectivity index (χ1n) is 6.65. The molecular formula is C14H27N. The fourth-order valence-corrected chi connectivity index (χ4v) is 2.63. The van der Waals surface area contributed by atoms with Crippen LogP contribution in [0.4, 0.5) is 0 Å². The average molecular weight is 209 g/mol. The van der Waals surface area contributed by atoms with Crippen molar-refractivity contribution in [2.24, 2.45) is 11.8 Å². The Hall–Kier alpha value is -0.300. The first-order chi connectivity index (χ1) is 7.27. The van der Waals surface area contributed by atoms with Gasteiger partial charge in [-0.3, -0.25) is 0 Å². The fourth-order valence-electron chi connectivity index (χ4n) is 2.63. The molecule has 1 N–H and O–H groups in total. The molecule has 0 aliphatic heterocycles. The maximum Gasteiger partial charge on any atom is -0.00178 e. The Morgan fingerprint density at radius 2 is 2.00 bits per heavy atom. The molecule has 1 saturated carbocycles. The van der Waals surface area contributed by atoms with Crippen molar-refractivity contribution < 1.29 is 0 Å². The average Bonchev–Trinajstić information content (AvgIpc) is 2.66. The topological polar surface area (TPSA) is 12.0 Å². The third kappa shape index (κ3) is 4.38. The van der Waals surface area contributed by atoms with E-state index in [0.717, 1.165) is 18.3 Å². The number of nitrogens with one attached hydrogen (secondary N) is 1. The zero-order valence-electron chi connectivity index (χ0n) is 10.5. The monoisotopic (exact) mass is 209 g/mol. The van der Waals surface area contributed by atoms with Crippen molar-refractivity contribution in [3.63, 3.8) is 0 Å². The minimum Gasteiger partial charge on any atom is -0.316 e. The SMILES string of the molecule is C=C(CC)CC1CCCC1CNCCC. The molecule has 1 heteroatoms. The van der Waals surface area contributed by atoms with E-state index in [2.05, 4.69) is 25.7 Å². The molecule has 2 unspecified atom stereocenters. The summed E-state index contributed by atoms with van der Waals surface area (Å²) in [6.45, 7) is 11.0. The van der Waals surface area contributed by atoms with E-state index in [0.29, 0.717) is 0 Å². The van der Waals surface area contributed by atoms with E-state index in [1.54, 1.807) is 0 Å². The highest BCUT2D eigenvalue weighted by Crippen LogP contribution is 2.35. The highest BCUT2D eigenvalue weighted by Gasteiger charge is 2.26. The number of hydrogen-bond donors (Lipinski definition) is 1. The highest BCUT2D eigenvalue weighted by molar-refractivity contribution is 4.97. The van der Waals surface area contributed by atoms with Crippen molar-refractivity contribution in [3.8, 4) is 0 Å². The van der Waals surface area contributed by atoms with E-state index >= 15 is 0 Å². The molecule has 1 fully saturated rings. The summed E-state index contributed by atoms with van der Waals surface area (Å²) in [5.41, 5.74) is 1.45. The Morgan fingerprint density at radius 3 is 2.67 bits per heavy atom. The Balaban J connectivity index is 2.26. The smallest absolute Gasteiger partial charge is 0.00178 e. The normalized spacial score (nSPS) is 25.7. The van der Waals surface area contributed by atoms with Gasteiger partial charge in [-0.05, 0) is 57.0 Å². The second-order valence-corrected chi connectivity index (χ2v) is 4.96. The lowest BCUT2D eigenvalue weighted by Gasteiger charge is -2.20. The van der Waals surface area contributed by atoms with Crippen LogP contribution in [0.3, 0.4) is 0 Å². The van der Waals surface area contributed by atoms with Crippen LogP contribution in [0.25, 0.3) is 0 Å². The summed E-state index contributed by atoms with van der Waals surface area (Å²) >= 11 is 0. The molecule has 0 spiro atoms. The van der Waals surface area contributed by atoms with Crippen molar-refractivity contribution in [2.45, 2.75) is 52.4 Å². The zero-order chi connectivity index (χ0) is 11.1. The molecule has 0 aromatic carbocycles. The van der Waals surface area contributed by atoms with Gasteiger partial charge in [0, 0.05) is 0 Å². The van der Waals surface area contributed by atoms with E-state index in [1.807, 2.05) is 0 Å². The summed E-state index contributed by atoms with van der Waals surface area (Å²) < 4.78 is 0. The molecule has 2 atom stereocenters. The highest BCUT2D eigenvalue weighted by atomic mass is 14.9. The van der Waals surface area contributed by atoms with Crippen LogP contribution in [0.15, 0.2) is 12.2 Å². The third-order valence-corrected chi connectivity index (χ3v) is 3.70. The molecule has 1 aliphatic carbocycles. The summed E-state index contributed by atoms with van der Waals surface area (Å²) in [6.07, 6.45) is 7.97. The van der Waals surface area contributed by atoms with Gasteiger partial charge in [0.1, 0.15) is 0 Å². The van der Waals surface area contributed by atoms with Gasteiger partial charge in [0.2, 0.25) is 0 Å². The predicted octanol–water partition coefficient (Wildman–Crippen LogP) is 3.76. The standard InChI is InChI=1S/C14H27N/c1-4-9-15-11-14-8-6-7-13(14)10-12(3)5-2/h13-15H,3-11H2,1-2H3. The van der Waals surface area contributed by atoms with Crippen LogP contribution in [0.2, 0.25) is 0 Å². The second kappa shape index (κ2) is 7.05. The molecule has 0 amide bonds. The van der Waals surface area contributed by atoms with Gasteiger partial charge in [0.25, 0.3) is 0 Å². The summed E-state index contributed by atoms with van der Waals surface area (Å²) in [4.78, 5) is 0. The van der Waals surface area contributed by atoms with E-state index in [4.69, 9.17) is 0 Å². The van der Waals surface area contributed by atoms with Crippen LogP contribution in [-0.4, -0.2) is 13.1 Å². The molecule has 0 aromatic heterocycles. The van der Waals surface area contributed by atoms with E-state index in [9.17, 15) is 0 Å². The van der Waals surface area contributed by atoms with Crippen molar-refractivity contribution >= 4 is 0 Å². The second-order valence-electron chi connectivity index (χ2n) is 4.96. The largest absolute Gasteiger partial charge is 0.316 e. The van der Waals surface area contributed by atoms with Crippen LogP contribution in [0.1, 0.15) is 52.4 Å². The van der Waals surface area contributed by atoms with Gasteiger partial charge in [0.15, 0.2) is 0 Å². The molecule has 0 saturated heterocycles. The summed E-state index contributed by atoms with van der Waals surface area (Å²) in [5.74, 6) is 1.83. The van der Waals surface area contributed by atoms with Crippen molar-refractivity contribution in [2.75, 3.05) is 13.1 Å². The fraction of sp³-hybridized carbons (Fsp3) is 0.857.